The van der Waals surface area contributed by atoms with E-state index in [-0.39, 0.29) is 5.91 Å². The molecule has 0 spiro atoms. The van der Waals surface area contributed by atoms with Gasteiger partial charge in [0.1, 0.15) is 16.8 Å². The molecule has 0 bridgehead atoms. The highest BCUT2D eigenvalue weighted by atomic mass is 79.9. The Morgan fingerprint density at radius 3 is 1.67 bits per heavy atom. The van der Waals surface area contributed by atoms with E-state index >= 15 is 4.79 Å². The van der Waals surface area contributed by atoms with Crippen LogP contribution in [-0.4, -0.2) is 13.0 Å². The summed E-state index contributed by atoms with van der Waals surface area (Å²) in [6, 6.07) is 43.9. The lowest BCUT2D eigenvalue weighted by Gasteiger charge is -2.44. The van der Waals surface area contributed by atoms with Crippen molar-refractivity contribution in [2.45, 2.75) is 11.1 Å². The van der Waals surface area contributed by atoms with Crippen LogP contribution in [0.15, 0.2) is 138 Å². The molecule has 0 fully saturated rings. The third-order valence-electron chi connectivity index (χ3n) is 7.62. The number of nitrogens with zero attached hydrogens (tertiary/aromatic N) is 1. The molecule has 0 aromatic heterocycles. The molecule has 0 aliphatic carbocycles. The molecule has 5 aromatic carbocycles. The molecule has 1 aliphatic rings. The van der Waals surface area contributed by atoms with Crippen molar-refractivity contribution in [3.8, 4) is 5.75 Å². The van der Waals surface area contributed by atoms with E-state index in [1.807, 2.05) is 102 Å². The van der Waals surface area contributed by atoms with Crippen LogP contribution in [-0.2, 0) is 15.9 Å². The topological polar surface area (TPSA) is 55.6 Å². The van der Waals surface area contributed by atoms with Gasteiger partial charge < -0.3 is 10.5 Å². The van der Waals surface area contributed by atoms with Crippen LogP contribution in [0.1, 0.15) is 27.8 Å². The molecule has 1 amide bonds. The molecule has 192 valence electrons. The van der Waals surface area contributed by atoms with E-state index in [0.717, 1.165) is 32.4 Å². The molecule has 5 heteroatoms. The molecule has 6 rings (SSSR count). The van der Waals surface area contributed by atoms with E-state index in [9.17, 15) is 0 Å². The summed E-state index contributed by atoms with van der Waals surface area (Å²) in [7, 11) is 1.62. The molecule has 2 N–H and O–H groups in total. The minimum Gasteiger partial charge on any atom is -0.497 e. The number of carbonyl (C=O) groups is 1. The van der Waals surface area contributed by atoms with Crippen molar-refractivity contribution in [1.82, 2.24) is 0 Å². The first-order valence-electron chi connectivity index (χ1n) is 12.8. The van der Waals surface area contributed by atoms with E-state index < -0.39 is 11.1 Å². The maximum absolute atomic E-state index is 15.1. The molecule has 1 atom stereocenters. The Kier molecular flexibility index (Phi) is 6.34. The smallest absolute Gasteiger partial charge is 0.257 e. The number of ether oxygens (including phenoxy) is 1. The summed E-state index contributed by atoms with van der Waals surface area (Å²) in [4.78, 5) is 17.0. The highest BCUT2D eigenvalue weighted by Crippen LogP contribution is 2.53. The summed E-state index contributed by atoms with van der Waals surface area (Å²) >= 11 is 3.63. The van der Waals surface area contributed by atoms with Crippen LogP contribution in [0.25, 0.3) is 0 Å². The summed E-state index contributed by atoms with van der Waals surface area (Å²) in [5.74, 6) is 0.489. The number of hydrogen-bond acceptors (Lipinski definition) is 3. The van der Waals surface area contributed by atoms with E-state index in [4.69, 9.17) is 10.5 Å². The van der Waals surface area contributed by atoms with Crippen LogP contribution in [0.3, 0.4) is 0 Å². The quantitative estimate of drug-likeness (QED) is 0.222. The van der Waals surface area contributed by atoms with Crippen LogP contribution in [0.2, 0.25) is 0 Å². The highest BCUT2D eigenvalue weighted by Gasteiger charge is 2.57. The zero-order chi connectivity index (χ0) is 27.0. The average molecular weight is 576 g/mol. The molecule has 0 saturated heterocycles. The van der Waals surface area contributed by atoms with Crippen molar-refractivity contribution < 1.29 is 9.53 Å². The molecule has 0 saturated carbocycles. The lowest BCUT2D eigenvalue weighted by Crippen LogP contribution is -2.56. The van der Waals surface area contributed by atoms with Crippen LogP contribution >= 0.6 is 15.9 Å². The fourth-order valence-corrected chi connectivity index (χ4v) is 6.17. The zero-order valence-electron chi connectivity index (χ0n) is 21.4. The minimum atomic E-state index is -1.42. The number of fused-ring (bicyclic) bond motifs is 1. The number of methoxy groups -OCH3 is 1. The van der Waals surface area contributed by atoms with E-state index in [2.05, 4.69) is 52.3 Å². The summed E-state index contributed by atoms with van der Waals surface area (Å²) in [5.41, 5.74) is 9.93. The Bertz CT molecular complexity index is 1530. The largest absolute Gasteiger partial charge is 0.497 e. The number of halogens is 1. The van der Waals surface area contributed by atoms with Crippen molar-refractivity contribution in [2.24, 2.45) is 5.73 Å². The van der Waals surface area contributed by atoms with Gasteiger partial charge in [0, 0.05) is 10.0 Å². The molecule has 4 nitrogen and oxygen atoms in total. The van der Waals surface area contributed by atoms with Gasteiger partial charge in [-0.1, -0.05) is 119 Å². The lowest BCUT2D eigenvalue weighted by molar-refractivity contribution is -0.122. The molecule has 0 unspecified atom stereocenters. The van der Waals surface area contributed by atoms with E-state index in [1.54, 1.807) is 7.11 Å². The Morgan fingerprint density at radius 2 is 1.21 bits per heavy atom. The highest BCUT2D eigenvalue weighted by molar-refractivity contribution is 9.10. The van der Waals surface area contributed by atoms with Crippen LogP contribution in [0.5, 0.6) is 5.75 Å². The number of hydrogen-bond donors (Lipinski definition) is 1. The van der Waals surface area contributed by atoms with Crippen LogP contribution < -0.4 is 15.4 Å². The second-order valence-corrected chi connectivity index (χ2v) is 10.6. The molecule has 1 heterocycles. The number of nitrogens with two attached hydrogens (primary N) is 1. The molecule has 1 aliphatic heterocycles. The van der Waals surface area contributed by atoms with Crippen molar-refractivity contribution in [3.63, 3.8) is 0 Å². The van der Waals surface area contributed by atoms with E-state index in [1.165, 1.54) is 0 Å². The Balaban J connectivity index is 1.72. The number of rotatable bonds is 6. The fourth-order valence-electron chi connectivity index (χ4n) is 5.81. The maximum Gasteiger partial charge on any atom is 0.257 e. The number of anilines is 1. The summed E-state index contributed by atoms with van der Waals surface area (Å²) in [6.07, 6.45) is 0. The third kappa shape index (κ3) is 3.81. The van der Waals surface area contributed by atoms with Gasteiger partial charge in [-0.2, -0.15) is 0 Å². The second-order valence-electron chi connectivity index (χ2n) is 9.65. The minimum absolute atomic E-state index is 0.211. The third-order valence-corrected chi connectivity index (χ3v) is 8.11. The van der Waals surface area contributed by atoms with Crippen LogP contribution in [0, 0.1) is 0 Å². The summed E-state index contributed by atoms with van der Waals surface area (Å²) < 4.78 is 6.24. The molecule has 0 radical (unpaired) electrons. The molecular weight excluding hydrogens is 548 g/mol. The second kappa shape index (κ2) is 9.84. The normalized spacial score (nSPS) is 16.7. The van der Waals surface area contributed by atoms with Gasteiger partial charge >= 0.3 is 0 Å². The van der Waals surface area contributed by atoms with Crippen molar-refractivity contribution in [2.75, 3.05) is 12.0 Å². The van der Waals surface area contributed by atoms with Crippen molar-refractivity contribution in [1.29, 1.82) is 0 Å². The van der Waals surface area contributed by atoms with Gasteiger partial charge in [-0.3, -0.25) is 9.69 Å². The lowest BCUT2D eigenvalue weighted by atomic mass is 9.75. The standard InChI is InChI=1S/C34H27BrN2O2/c1-39-29-20-17-24(18-21-29)33(36)30-23-28(35)19-22-31(30)37(32(33)38)34(25-11-5-2-6-12-25,26-13-7-3-8-14-26)27-15-9-4-10-16-27/h2-23H,36H2,1H3/t33-/m1/s1. The van der Waals surface area contributed by atoms with Gasteiger partial charge in [-0.05, 0) is 52.6 Å². The average Bonchev–Trinajstić information content (AvgIpc) is 3.22. The maximum atomic E-state index is 15.1. The predicted octanol–water partition coefficient (Wildman–Crippen LogP) is 7.00. The number of amides is 1. The monoisotopic (exact) mass is 574 g/mol. The van der Waals surface area contributed by atoms with Gasteiger partial charge in [0.05, 0.1) is 12.8 Å². The van der Waals surface area contributed by atoms with Gasteiger partial charge in [-0.15, -0.1) is 0 Å². The van der Waals surface area contributed by atoms with E-state index in [0.29, 0.717) is 11.3 Å². The Labute approximate surface area is 236 Å². The number of carbonyl (C=O) groups excluding carboxylic acids is 1. The van der Waals surface area contributed by atoms with Crippen LogP contribution in [0.4, 0.5) is 5.69 Å². The van der Waals surface area contributed by atoms with Gasteiger partial charge in [-0.25, -0.2) is 0 Å². The van der Waals surface area contributed by atoms with Gasteiger partial charge in [0.25, 0.3) is 5.91 Å². The first kappa shape index (κ1) is 25.1. The summed E-state index contributed by atoms with van der Waals surface area (Å²) in [5, 5.41) is 0. The number of benzene rings is 5. The van der Waals surface area contributed by atoms with Gasteiger partial charge in [0.15, 0.2) is 0 Å². The van der Waals surface area contributed by atoms with Crippen molar-refractivity contribution in [3.05, 3.63) is 166 Å². The zero-order valence-corrected chi connectivity index (χ0v) is 23.0. The SMILES string of the molecule is COc1ccc([C@]2(N)C(=O)N(C(c3ccccc3)(c3ccccc3)c3ccccc3)c3ccc(Br)cc32)cc1. The van der Waals surface area contributed by atoms with Gasteiger partial charge in [0.2, 0.25) is 0 Å². The fraction of sp³-hybridized carbons (Fsp3) is 0.0882. The predicted molar refractivity (Wildman–Crippen MR) is 159 cm³/mol. The summed E-state index contributed by atoms with van der Waals surface area (Å²) in [6.45, 7) is 0. The first-order chi connectivity index (χ1) is 19.0. The van der Waals surface area contributed by atoms with Crippen molar-refractivity contribution >= 4 is 27.5 Å². The first-order valence-corrected chi connectivity index (χ1v) is 13.5. The molecular formula is C34H27BrN2O2. The molecule has 5 aromatic rings. The Morgan fingerprint density at radius 1 is 0.718 bits per heavy atom. The molecule has 39 heavy (non-hydrogen) atoms. The Hall–Kier alpha value is -4.19.